The molecule has 0 radical (unpaired) electrons. The molecule has 0 saturated carbocycles. The maximum absolute atomic E-state index is 12.9. The van der Waals surface area contributed by atoms with Crippen LogP contribution < -0.4 is 0 Å². The van der Waals surface area contributed by atoms with Crippen molar-refractivity contribution in [3.8, 4) is 0 Å². The van der Waals surface area contributed by atoms with E-state index in [2.05, 4.69) is 31.8 Å². The molecule has 1 aliphatic carbocycles. The molecule has 0 amide bonds. The van der Waals surface area contributed by atoms with Crippen LogP contribution in [0.25, 0.3) is 6.08 Å². The highest BCUT2D eigenvalue weighted by atomic mass is 16.6. The normalized spacial score (nSPS) is 35.7. The fraction of sp³-hybridized carbons (Fsp3) is 0.536. The summed E-state index contributed by atoms with van der Waals surface area (Å²) in [5, 5.41) is 22.0. The lowest BCUT2D eigenvalue weighted by atomic mass is 9.63. The second kappa shape index (κ2) is 9.48. The quantitative estimate of drug-likeness (QED) is 0.361. The van der Waals surface area contributed by atoms with Crippen LogP contribution in [0.2, 0.25) is 0 Å². The van der Waals surface area contributed by atoms with E-state index in [9.17, 15) is 19.8 Å². The molecule has 2 N–H and O–H groups in total. The third kappa shape index (κ3) is 4.60. The van der Waals surface area contributed by atoms with Gasteiger partial charge in [-0.15, -0.1) is 0 Å². The smallest absolute Gasteiger partial charge is 0.339 e. The number of hydrogen-bond acceptors (Lipinski definition) is 6. The number of esters is 1. The summed E-state index contributed by atoms with van der Waals surface area (Å²) in [6, 6.07) is 0. The van der Waals surface area contributed by atoms with E-state index in [1.807, 2.05) is 13.1 Å². The minimum absolute atomic E-state index is 0.0338. The lowest BCUT2D eigenvalue weighted by Gasteiger charge is -2.42. The van der Waals surface area contributed by atoms with Crippen molar-refractivity contribution >= 4 is 18.0 Å². The number of imidazole rings is 1. The highest BCUT2D eigenvalue weighted by Gasteiger charge is 2.54. The van der Waals surface area contributed by atoms with Crippen LogP contribution in [0.15, 0.2) is 53.5 Å². The Labute approximate surface area is 212 Å². The van der Waals surface area contributed by atoms with E-state index in [0.29, 0.717) is 18.0 Å². The van der Waals surface area contributed by atoms with E-state index < -0.39 is 29.2 Å². The molecule has 4 rings (SSSR count). The zero-order chi connectivity index (χ0) is 26.4. The fourth-order valence-electron chi connectivity index (χ4n) is 6.08. The van der Waals surface area contributed by atoms with E-state index in [4.69, 9.17) is 9.47 Å². The van der Waals surface area contributed by atoms with Crippen LogP contribution in [0.3, 0.4) is 0 Å². The summed E-state index contributed by atoms with van der Waals surface area (Å²) in [5.41, 5.74) is 0.649. The summed E-state index contributed by atoms with van der Waals surface area (Å²) in [6.45, 7) is 8.12. The first-order valence-electron chi connectivity index (χ1n) is 12.4. The number of aliphatic hydroxyl groups is 1. The van der Waals surface area contributed by atoms with Crippen molar-refractivity contribution in [2.24, 2.45) is 36.6 Å². The number of nitrogens with zero attached hydrogens (tertiary/aromatic N) is 2. The Hall–Kier alpha value is -2.97. The molecule has 1 aromatic rings. The lowest BCUT2D eigenvalue weighted by molar-refractivity contribution is -0.196. The second-order valence-corrected chi connectivity index (χ2v) is 10.8. The first kappa shape index (κ1) is 26.1. The molecule has 6 atom stereocenters. The molecule has 1 aromatic heterocycles. The van der Waals surface area contributed by atoms with Crippen LogP contribution in [0.4, 0.5) is 0 Å². The number of hydrogen-bond donors (Lipinski definition) is 2. The minimum Gasteiger partial charge on any atom is -0.478 e. The van der Waals surface area contributed by atoms with Gasteiger partial charge in [-0.05, 0) is 62.5 Å². The van der Waals surface area contributed by atoms with E-state index in [1.165, 1.54) is 13.2 Å². The molecule has 3 heterocycles. The Morgan fingerprint density at radius 2 is 2.06 bits per heavy atom. The van der Waals surface area contributed by atoms with E-state index in [1.54, 1.807) is 36.2 Å². The molecule has 0 unspecified atom stereocenters. The van der Waals surface area contributed by atoms with Gasteiger partial charge in [0.1, 0.15) is 0 Å². The monoisotopic (exact) mass is 496 g/mol. The molecular weight excluding hydrogens is 460 g/mol. The minimum atomic E-state index is -2.03. The molecule has 0 aromatic carbocycles. The SMILES string of the molecule is COC(=O)/C1=C/[C@H]2[C@@H](C(C)C)CC=C(C)[C@@H]2C[C@@H](/C(=C\c2cn(C)cn2)C(=O)O)[C@]2(C)C=C[C@@]1(O)O2. The van der Waals surface area contributed by atoms with Crippen molar-refractivity contribution in [3.63, 3.8) is 0 Å². The molecular formula is C28H36N2O6. The van der Waals surface area contributed by atoms with Crippen molar-refractivity contribution in [1.29, 1.82) is 0 Å². The van der Waals surface area contributed by atoms with Gasteiger partial charge in [-0.3, -0.25) is 0 Å². The highest BCUT2D eigenvalue weighted by molar-refractivity contribution is 5.93. The third-order valence-corrected chi connectivity index (χ3v) is 8.11. The van der Waals surface area contributed by atoms with Crippen molar-refractivity contribution < 1.29 is 29.3 Å². The Morgan fingerprint density at radius 1 is 1.33 bits per heavy atom. The second-order valence-electron chi connectivity index (χ2n) is 10.8. The summed E-state index contributed by atoms with van der Waals surface area (Å²) in [5.74, 6) is -4.06. The van der Waals surface area contributed by atoms with Gasteiger partial charge in [0.05, 0.1) is 30.3 Å². The van der Waals surface area contributed by atoms with Gasteiger partial charge < -0.3 is 24.3 Å². The Balaban J connectivity index is 1.93. The Kier molecular flexibility index (Phi) is 6.88. The van der Waals surface area contributed by atoms with E-state index in [0.717, 1.165) is 12.0 Å². The maximum atomic E-state index is 12.9. The van der Waals surface area contributed by atoms with E-state index in [-0.39, 0.29) is 28.9 Å². The van der Waals surface area contributed by atoms with Gasteiger partial charge in [-0.2, -0.15) is 0 Å². The number of carboxylic acid groups (broad SMARTS) is 1. The Bertz CT molecular complexity index is 1170. The number of rotatable bonds is 5. The van der Waals surface area contributed by atoms with Crippen LogP contribution in [0.5, 0.6) is 0 Å². The molecule has 2 bridgehead atoms. The molecule has 194 valence electrons. The zero-order valence-corrected chi connectivity index (χ0v) is 21.8. The van der Waals surface area contributed by atoms with Gasteiger partial charge in [-0.25, -0.2) is 14.6 Å². The van der Waals surface area contributed by atoms with Gasteiger partial charge >= 0.3 is 11.9 Å². The predicted molar refractivity (Wildman–Crippen MR) is 134 cm³/mol. The molecule has 0 fully saturated rings. The van der Waals surface area contributed by atoms with Crippen molar-refractivity contribution in [2.45, 2.75) is 51.9 Å². The van der Waals surface area contributed by atoms with Crippen LogP contribution in [-0.4, -0.2) is 50.2 Å². The number of aryl methyl sites for hydroxylation is 1. The number of carbonyl (C=O) groups excluding carboxylic acids is 1. The molecule has 8 heteroatoms. The summed E-state index contributed by atoms with van der Waals surface area (Å²) in [7, 11) is 3.10. The van der Waals surface area contributed by atoms with Crippen molar-refractivity contribution in [1.82, 2.24) is 9.55 Å². The number of aromatic nitrogens is 2. The molecule has 36 heavy (non-hydrogen) atoms. The topological polar surface area (TPSA) is 111 Å². The zero-order valence-electron chi connectivity index (χ0n) is 21.8. The van der Waals surface area contributed by atoms with E-state index >= 15 is 0 Å². The molecule has 8 nitrogen and oxygen atoms in total. The van der Waals surface area contributed by atoms with Gasteiger partial charge in [0, 0.05) is 24.7 Å². The number of carbonyl (C=O) groups is 2. The molecule has 0 spiro atoms. The summed E-state index contributed by atoms with van der Waals surface area (Å²) in [6.07, 6.45) is 13.4. The highest BCUT2D eigenvalue weighted by Crippen LogP contribution is 2.51. The number of ether oxygens (including phenoxy) is 2. The van der Waals surface area contributed by atoms with Crippen LogP contribution in [0, 0.1) is 29.6 Å². The number of methoxy groups -OCH3 is 1. The lowest BCUT2D eigenvalue weighted by Crippen LogP contribution is -2.44. The average molecular weight is 497 g/mol. The van der Waals surface area contributed by atoms with Crippen LogP contribution in [-0.2, 0) is 26.1 Å². The van der Waals surface area contributed by atoms with Crippen molar-refractivity contribution in [3.05, 3.63) is 59.2 Å². The number of carboxylic acids is 1. The fourth-order valence-corrected chi connectivity index (χ4v) is 6.08. The predicted octanol–water partition coefficient (Wildman–Crippen LogP) is 3.90. The largest absolute Gasteiger partial charge is 0.478 e. The third-order valence-electron chi connectivity index (χ3n) is 8.11. The molecule has 0 saturated heterocycles. The van der Waals surface area contributed by atoms with Gasteiger partial charge in [0.25, 0.3) is 0 Å². The molecule has 2 aliphatic heterocycles. The van der Waals surface area contributed by atoms with Crippen LogP contribution >= 0.6 is 0 Å². The number of allylic oxidation sites excluding steroid dienone is 3. The summed E-state index contributed by atoms with van der Waals surface area (Å²) in [4.78, 5) is 29.9. The standard InChI is InChI=1S/C28H36N2O6/c1-16(2)19-8-7-17(3)20-12-23(22(25(31)32)11-18-14-30(5)15-29-18)27(4)9-10-28(34,36-27)24(13-21(19)20)26(33)35-6/h7,9-11,13-16,19-21,23,34H,8,12H2,1-6H3,(H,31,32)/b22-11+,24-13-/t19-,20+,21+,23+,27+,28-/m1/s1. The Morgan fingerprint density at radius 3 is 2.64 bits per heavy atom. The summed E-state index contributed by atoms with van der Waals surface area (Å²) >= 11 is 0. The number of aliphatic carboxylic acids is 1. The first-order chi connectivity index (χ1) is 16.9. The average Bonchev–Trinajstić information content (AvgIpc) is 3.37. The number of fused-ring (bicyclic) bond motifs is 3. The maximum Gasteiger partial charge on any atom is 0.339 e. The van der Waals surface area contributed by atoms with Gasteiger partial charge in [-0.1, -0.05) is 37.6 Å². The van der Waals surface area contributed by atoms with Gasteiger partial charge in [0.15, 0.2) is 0 Å². The first-order valence-corrected chi connectivity index (χ1v) is 12.4. The van der Waals surface area contributed by atoms with Crippen molar-refractivity contribution in [2.75, 3.05) is 7.11 Å². The van der Waals surface area contributed by atoms with Crippen LogP contribution in [0.1, 0.15) is 46.2 Å². The summed E-state index contributed by atoms with van der Waals surface area (Å²) < 4.78 is 13.1. The van der Waals surface area contributed by atoms with Gasteiger partial charge in [0.2, 0.25) is 5.79 Å². The molecule has 3 aliphatic rings.